The lowest BCUT2D eigenvalue weighted by Crippen LogP contribution is -2.07. The van der Waals surface area contributed by atoms with Gasteiger partial charge in [0.05, 0.1) is 28.0 Å². The van der Waals surface area contributed by atoms with Crippen molar-refractivity contribution in [3.63, 3.8) is 0 Å². The average Bonchev–Trinajstić information content (AvgIpc) is 2.76. The number of unbranched alkanes of at least 4 members (excludes halogenated alkanes) is 1. The summed E-state index contributed by atoms with van der Waals surface area (Å²) in [6, 6.07) is 2.96. The Morgan fingerprint density at radius 1 is 1.33 bits per heavy atom. The van der Waals surface area contributed by atoms with Crippen LogP contribution in [-0.4, -0.2) is 22.3 Å². The molecule has 116 valence electrons. The molecule has 0 amide bonds. The van der Waals surface area contributed by atoms with Crippen molar-refractivity contribution in [2.24, 2.45) is 0 Å². The van der Waals surface area contributed by atoms with Gasteiger partial charge >= 0.3 is 0 Å². The highest BCUT2D eigenvalue weighted by Crippen LogP contribution is 2.25. The van der Waals surface area contributed by atoms with Crippen molar-refractivity contribution in [1.29, 1.82) is 0 Å². The van der Waals surface area contributed by atoms with E-state index in [9.17, 15) is 4.39 Å². The summed E-state index contributed by atoms with van der Waals surface area (Å²) >= 11 is 11.8. The summed E-state index contributed by atoms with van der Waals surface area (Å²) in [6.07, 6.45) is 2.14. The maximum absolute atomic E-state index is 13.5. The average molecular weight is 333 g/mol. The number of benzene rings is 1. The molecule has 1 aromatic carbocycles. The molecule has 0 aliphatic carbocycles. The first-order valence-electron chi connectivity index (χ1n) is 7.04. The number of hydrogen-bond donors (Lipinski definition) is 0. The second kappa shape index (κ2) is 7.43. The predicted molar refractivity (Wildman–Crippen MR) is 84.6 cm³/mol. The van der Waals surface area contributed by atoms with Crippen LogP contribution in [0.5, 0.6) is 0 Å². The van der Waals surface area contributed by atoms with E-state index in [2.05, 4.69) is 4.98 Å². The molecule has 1 heterocycles. The van der Waals surface area contributed by atoms with E-state index < -0.39 is 5.82 Å². The summed E-state index contributed by atoms with van der Waals surface area (Å²) in [4.78, 5) is 4.36. The normalized spacial score (nSPS) is 11.7. The zero-order chi connectivity index (χ0) is 15.4. The zero-order valence-corrected chi connectivity index (χ0v) is 13.7. The van der Waals surface area contributed by atoms with Crippen molar-refractivity contribution in [3.8, 4) is 0 Å². The molecule has 0 bridgehead atoms. The van der Waals surface area contributed by atoms with Gasteiger partial charge in [-0.2, -0.15) is 0 Å². The minimum atomic E-state index is -0.458. The van der Waals surface area contributed by atoms with E-state index in [-0.39, 0.29) is 17.0 Å². The monoisotopic (exact) mass is 332 g/mol. The molecule has 0 atom stereocenters. The van der Waals surface area contributed by atoms with Gasteiger partial charge in [0.1, 0.15) is 11.6 Å². The van der Waals surface area contributed by atoms with E-state index in [1.165, 1.54) is 6.07 Å². The summed E-state index contributed by atoms with van der Waals surface area (Å²) in [5.74, 6) is 0.564. The highest BCUT2D eigenvalue weighted by Gasteiger charge is 2.12. The second-order valence-electron chi connectivity index (χ2n) is 5.19. The van der Waals surface area contributed by atoms with Crippen LogP contribution in [0.25, 0.3) is 11.0 Å². The molecule has 3 nitrogen and oxygen atoms in total. The molecular weight excluding hydrogens is 314 g/mol. The number of hydrogen-bond acceptors (Lipinski definition) is 2. The second-order valence-corrected chi connectivity index (χ2v) is 5.87. The third-order valence-corrected chi connectivity index (χ3v) is 3.74. The smallest absolute Gasteiger partial charge is 0.144 e. The minimum Gasteiger partial charge on any atom is -0.379 e. The zero-order valence-electron chi connectivity index (χ0n) is 12.2. The lowest BCUT2D eigenvalue weighted by atomic mass is 10.3. The van der Waals surface area contributed by atoms with Gasteiger partial charge in [0.2, 0.25) is 0 Å². The Morgan fingerprint density at radius 2 is 2.10 bits per heavy atom. The van der Waals surface area contributed by atoms with Crippen LogP contribution in [0, 0.1) is 5.82 Å². The maximum atomic E-state index is 13.5. The van der Waals surface area contributed by atoms with Gasteiger partial charge in [0, 0.05) is 19.2 Å². The number of imidazole rings is 1. The molecule has 0 saturated heterocycles. The van der Waals surface area contributed by atoms with Crippen LogP contribution in [0.3, 0.4) is 0 Å². The Balaban J connectivity index is 2.12. The Morgan fingerprint density at radius 3 is 2.76 bits per heavy atom. The molecule has 0 fully saturated rings. The van der Waals surface area contributed by atoms with Gasteiger partial charge in [-0.3, -0.25) is 0 Å². The first-order chi connectivity index (χ1) is 10.0. The summed E-state index contributed by atoms with van der Waals surface area (Å²) in [5.41, 5.74) is 1.41. The van der Waals surface area contributed by atoms with E-state index in [0.717, 1.165) is 37.3 Å². The molecule has 6 heteroatoms. The maximum Gasteiger partial charge on any atom is 0.144 e. The van der Waals surface area contributed by atoms with Crippen LogP contribution >= 0.6 is 23.2 Å². The summed E-state index contributed by atoms with van der Waals surface area (Å²) in [5, 5.41) is 0.105. The summed E-state index contributed by atoms with van der Waals surface area (Å²) < 4.78 is 21.0. The standard InChI is InChI=1S/C15H19Cl2FN2O/c1-10(2)21-6-4-3-5-20-14-7-11(17)12(18)8-13(14)19-15(20)9-16/h7-8,10H,3-6,9H2,1-2H3. The van der Waals surface area contributed by atoms with Gasteiger partial charge < -0.3 is 9.30 Å². The highest BCUT2D eigenvalue weighted by atomic mass is 35.5. The van der Waals surface area contributed by atoms with Gasteiger partial charge in [0.15, 0.2) is 0 Å². The number of halogens is 3. The molecular formula is C15H19Cl2FN2O. The van der Waals surface area contributed by atoms with Crippen molar-refractivity contribution < 1.29 is 9.13 Å². The van der Waals surface area contributed by atoms with Crippen LogP contribution in [0.4, 0.5) is 4.39 Å². The molecule has 0 unspecified atom stereocenters. The van der Waals surface area contributed by atoms with Crippen LogP contribution in [0.2, 0.25) is 5.02 Å². The van der Waals surface area contributed by atoms with Gasteiger partial charge in [-0.1, -0.05) is 11.6 Å². The third-order valence-electron chi connectivity index (χ3n) is 3.22. The first-order valence-corrected chi connectivity index (χ1v) is 7.96. The molecule has 0 radical (unpaired) electrons. The molecule has 0 N–H and O–H groups in total. The Labute approximate surface area is 134 Å². The Kier molecular flexibility index (Phi) is 5.85. The quantitative estimate of drug-likeness (QED) is 0.539. The van der Waals surface area contributed by atoms with E-state index in [4.69, 9.17) is 27.9 Å². The molecule has 2 aromatic rings. The first kappa shape index (κ1) is 16.5. The fourth-order valence-corrected chi connectivity index (χ4v) is 2.57. The van der Waals surface area contributed by atoms with Crippen molar-refractivity contribution in [3.05, 3.63) is 28.8 Å². The Bertz CT molecular complexity index is 613. The molecule has 0 aliphatic rings. The third kappa shape index (κ3) is 4.09. The lowest BCUT2D eigenvalue weighted by molar-refractivity contribution is 0.0754. The summed E-state index contributed by atoms with van der Waals surface area (Å²) in [7, 11) is 0. The molecule has 21 heavy (non-hydrogen) atoms. The van der Waals surface area contributed by atoms with Crippen LogP contribution in [0.15, 0.2) is 12.1 Å². The van der Waals surface area contributed by atoms with Gasteiger partial charge in [-0.25, -0.2) is 9.37 Å². The topological polar surface area (TPSA) is 27.1 Å². The van der Waals surface area contributed by atoms with E-state index in [0.29, 0.717) is 5.52 Å². The van der Waals surface area contributed by atoms with Gasteiger partial charge in [-0.15, -0.1) is 11.6 Å². The summed E-state index contributed by atoms with van der Waals surface area (Å²) in [6.45, 7) is 5.54. The fourth-order valence-electron chi connectivity index (χ4n) is 2.21. The van der Waals surface area contributed by atoms with Crippen molar-refractivity contribution >= 4 is 34.2 Å². The number of aryl methyl sites for hydroxylation is 1. The van der Waals surface area contributed by atoms with E-state index >= 15 is 0 Å². The predicted octanol–water partition coefficient (Wildman–Crippen LogP) is 4.77. The lowest BCUT2D eigenvalue weighted by Gasteiger charge is -2.10. The molecule has 0 saturated carbocycles. The van der Waals surface area contributed by atoms with Crippen LogP contribution < -0.4 is 0 Å². The largest absolute Gasteiger partial charge is 0.379 e. The SMILES string of the molecule is CC(C)OCCCCn1c(CCl)nc2cc(F)c(Cl)cc21. The fraction of sp³-hybridized carbons (Fsp3) is 0.533. The van der Waals surface area contributed by atoms with Gasteiger partial charge in [-0.05, 0) is 32.8 Å². The number of nitrogens with zero attached hydrogens (tertiary/aromatic N) is 2. The molecule has 1 aromatic heterocycles. The molecule has 0 spiro atoms. The van der Waals surface area contributed by atoms with Crippen LogP contribution in [0.1, 0.15) is 32.5 Å². The van der Waals surface area contributed by atoms with E-state index in [1.54, 1.807) is 6.07 Å². The Hall–Kier alpha value is -0.840. The molecule has 2 rings (SSSR count). The molecule has 0 aliphatic heterocycles. The van der Waals surface area contributed by atoms with Crippen molar-refractivity contribution in [2.75, 3.05) is 6.61 Å². The number of ether oxygens (including phenoxy) is 1. The number of alkyl halides is 1. The number of fused-ring (bicyclic) bond motifs is 1. The number of rotatable bonds is 7. The number of aromatic nitrogens is 2. The van der Waals surface area contributed by atoms with Crippen molar-refractivity contribution in [2.45, 2.75) is 45.2 Å². The minimum absolute atomic E-state index is 0.105. The van der Waals surface area contributed by atoms with E-state index in [1.807, 2.05) is 18.4 Å². The van der Waals surface area contributed by atoms with Crippen molar-refractivity contribution in [1.82, 2.24) is 9.55 Å². The highest BCUT2D eigenvalue weighted by molar-refractivity contribution is 6.31. The van der Waals surface area contributed by atoms with Gasteiger partial charge in [0.25, 0.3) is 0 Å². The van der Waals surface area contributed by atoms with Crippen LogP contribution in [-0.2, 0) is 17.2 Å².